The average molecular weight is 303 g/mol. The highest BCUT2D eigenvalue weighted by Crippen LogP contribution is 2.27. The molecule has 1 N–H and O–H groups in total. The number of fused-ring (bicyclic) bond motifs is 1. The van der Waals surface area contributed by atoms with E-state index in [-0.39, 0.29) is 6.04 Å². The van der Waals surface area contributed by atoms with Crippen molar-refractivity contribution in [3.63, 3.8) is 0 Å². The third-order valence-electron chi connectivity index (χ3n) is 4.58. The lowest BCUT2D eigenvalue weighted by Gasteiger charge is -2.34. The largest absolute Gasteiger partial charge is 0.369 e. The summed E-state index contributed by atoms with van der Waals surface area (Å²) in [5.41, 5.74) is 3.93. The van der Waals surface area contributed by atoms with Crippen LogP contribution in [0.4, 0.5) is 5.69 Å². The molecule has 2 heterocycles. The first-order valence-electron chi connectivity index (χ1n) is 8.18. The van der Waals surface area contributed by atoms with Gasteiger partial charge in [0.15, 0.2) is 0 Å². The minimum Gasteiger partial charge on any atom is -0.369 e. The van der Waals surface area contributed by atoms with E-state index in [1.54, 1.807) is 0 Å². The molecule has 0 saturated carbocycles. The fourth-order valence-electron chi connectivity index (χ4n) is 3.12. The number of piperazine rings is 1. The van der Waals surface area contributed by atoms with Crippen LogP contribution < -0.4 is 10.2 Å². The van der Waals surface area contributed by atoms with Crippen LogP contribution >= 0.6 is 0 Å². The lowest BCUT2D eigenvalue weighted by molar-refractivity contribution is -0.210. The molecular weight excluding hydrogens is 278 g/mol. The molecule has 1 fully saturated rings. The lowest BCUT2D eigenvalue weighted by Crippen LogP contribution is -2.43. The summed E-state index contributed by atoms with van der Waals surface area (Å²) < 4.78 is 0. The molecule has 1 unspecified atom stereocenters. The van der Waals surface area contributed by atoms with Gasteiger partial charge >= 0.3 is 0 Å². The Bertz CT molecular complexity index is 515. The number of nitrogens with zero attached hydrogens (tertiary/aromatic N) is 2. The Morgan fingerprint density at radius 2 is 2.14 bits per heavy atom. The van der Waals surface area contributed by atoms with E-state index < -0.39 is 0 Å². The minimum atomic E-state index is 0.265. The Balaban J connectivity index is 1.70. The maximum atomic E-state index is 10.5. The SMILES string of the molecule is CC(CCC=O)N1Cc2cc(N3CCNCC3)ccc2CO1. The van der Waals surface area contributed by atoms with Crippen molar-refractivity contribution in [2.45, 2.75) is 39.0 Å². The van der Waals surface area contributed by atoms with E-state index >= 15 is 0 Å². The molecule has 120 valence electrons. The topological polar surface area (TPSA) is 44.8 Å². The molecule has 0 aromatic heterocycles. The summed E-state index contributed by atoms with van der Waals surface area (Å²) in [6, 6.07) is 6.98. The van der Waals surface area contributed by atoms with Crippen molar-refractivity contribution in [1.82, 2.24) is 10.4 Å². The fourth-order valence-corrected chi connectivity index (χ4v) is 3.12. The summed E-state index contributed by atoms with van der Waals surface area (Å²) in [6.07, 6.45) is 2.42. The molecule has 1 saturated heterocycles. The van der Waals surface area contributed by atoms with E-state index in [2.05, 4.69) is 35.3 Å². The summed E-state index contributed by atoms with van der Waals surface area (Å²) in [5.74, 6) is 0. The van der Waals surface area contributed by atoms with Gasteiger partial charge in [-0.05, 0) is 36.6 Å². The summed E-state index contributed by atoms with van der Waals surface area (Å²) in [6.45, 7) is 7.78. The molecule has 1 aromatic rings. The number of aldehydes is 1. The lowest BCUT2D eigenvalue weighted by atomic mass is 10.0. The molecule has 2 aliphatic heterocycles. The van der Waals surface area contributed by atoms with Crippen LogP contribution in [0.5, 0.6) is 0 Å². The summed E-state index contributed by atoms with van der Waals surface area (Å²) in [5, 5.41) is 5.41. The number of hydrogen-bond acceptors (Lipinski definition) is 5. The van der Waals surface area contributed by atoms with Gasteiger partial charge in [-0.15, -0.1) is 0 Å². The van der Waals surface area contributed by atoms with Gasteiger partial charge in [-0.25, -0.2) is 0 Å². The van der Waals surface area contributed by atoms with Crippen LogP contribution in [0.25, 0.3) is 0 Å². The second-order valence-corrected chi connectivity index (χ2v) is 6.13. The van der Waals surface area contributed by atoms with Crippen LogP contribution in [0, 0.1) is 0 Å². The number of anilines is 1. The van der Waals surface area contributed by atoms with E-state index in [1.165, 1.54) is 16.8 Å². The highest BCUT2D eigenvalue weighted by atomic mass is 16.7. The van der Waals surface area contributed by atoms with Gasteiger partial charge in [0, 0.05) is 50.9 Å². The Morgan fingerprint density at radius 3 is 2.91 bits per heavy atom. The number of carbonyl (C=O) groups is 1. The molecule has 0 bridgehead atoms. The van der Waals surface area contributed by atoms with E-state index in [0.29, 0.717) is 13.0 Å². The number of nitrogens with one attached hydrogen (secondary N) is 1. The third kappa shape index (κ3) is 3.48. The maximum Gasteiger partial charge on any atom is 0.120 e. The number of benzene rings is 1. The Labute approximate surface area is 132 Å². The van der Waals surface area contributed by atoms with Crippen LogP contribution in [0.15, 0.2) is 18.2 Å². The van der Waals surface area contributed by atoms with Crippen LogP contribution in [0.1, 0.15) is 30.9 Å². The summed E-state index contributed by atoms with van der Waals surface area (Å²) in [4.78, 5) is 18.8. The van der Waals surface area contributed by atoms with Gasteiger partial charge in [-0.2, -0.15) is 5.06 Å². The van der Waals surface area contributed by atoms with Crippen molar-refractivity contribution in [3.8, 4) is 0 Å². The van der Waals surface area contributed by atoms with E-state index in [1.807, 2.05) is 5.06 Å². The smallest absolute Gasteiger partial charge is 0.120 e. The number of rotatable bonds is 5. The Morgan fingerprint density at radius 1 is 1.32 bits per heavy atom. The third-order valence-corrected chi connectivity index (χ3v) is 4.58. The van der Waals surface area contributed by atoms with Gasteiger partial charge < -0.3 is 15.0 Å². The second kappa shape index (κ2) is 7.22. The molecule has 0 spiro atoms. The first kappa shape index (κ1) is 15.5. The van der Waals surface area contributed by atoms with Gasteiger partial charge in [0.2, 0.25) is 0 Å². The number of hydrogen-bond donors (Lipinski definition) is 1. The molecule has 1 aromatic carbocycles. The molecular formula is C17H25N3O2. The zero-order valence-electron chi connectivity index (χ0n) is 13.3. The zero-order valence-corrected chi connectivity index (χ0v) is 13.3. The van der Waals surface area contributed by atoms with Gasteiger partial charge in [0.05, 0.1) is 6.61 Å². The van der Waals surface area contributed by atoms with Crippen LogP contribution in [0.2, 0.25) is 0 Å². The van der Waals surface area contributed by atoms with Crippen molar-refractivity contribution in [2.24, 2.45) is 0 Å². The van der Waals surface area contributed by atoms with Crippen LogP contribution in [0.3, 0.4) is 0 Å². The standard InChI is InChI=1S/C17H25N3O2/c1-14(3-2-10-21)20-12-16-11-17(5-4-15(16)13-22-20)19-8-6-18-7-9-19/h4-5,10-11,14,18H,2-3,6-9,12-13H2,1H3. The molecule has 0 aliphatic carbocycles. The molecule has 5 heteroatoms. The quantitative estimate of drug-likeness (QED) is 0.839. The van der Waals surface area contributed by atoms with Gasteiger partial charge in [-0.1, -0.05) is 6.07 Å². The van der Waals surface area contributed by atoms with Crippen LogP contribution in [-0.4, -0.2) is 43.6 Å². The van der Waals surface area contributed by atoms with Gasteiger partial charge in [0.1, 0.15) is 6.29 Å². The van der Waals surface area contributed by atoms with Crippen molar-refractivity contribution in [2.75, 3.05) is 31.1 Å². The molecule has 2 aliphatic rings. The van der Waals surface area contributed by atoms with Crippen LogP contribution in [-0.2, 0) is 22.8 Å². The minimum absolute atomic E-state index is 0.265. The number of carbonyl (C=O) groups excluding carboxylic acids is 1. The predicted molar refractivity (Wildman–Crippen MR) is 86.6 cm³/mol. The predicted octanol–water partition coefficient (Wildman–Crippen LogP) is 1.71. The zero-order chi connectivity index (χ0) is 15.4. The summed E-state index contributed by atoms with van der Waals surface area (Å²) in [7, 11) is 0. The monoisotopic (exact) mass is 303 g/mol. The molecule has 0 amide bonds. The first-order chi connectivity index (χ1) is 10.8. The van der Waals surface area contributed by atoms with Crippen molar-refractivity contribution >= 4 is 12.0 Å². The molecule has 0 radical (unpaired) electrons. The normalized spacial score (nSPS) is 20.5. The van der Waals surface area contributed by atoms with Gasteiger partial charge in [0.25, 0.3) is 0 Å². The maximum absolute atomic E-state index is 10.5. The van der Waals surface area contributed by atoms with E-state index in [4.69, 9.17) is 4.84 Å². The van der Waals surface area contributed by atoms with E-state index in [9.17, 15) is 4.79 Å². The van der Waals surface area contributed by atoms with Crippen molar-refractivity contribution in [3.05, 3.63) is 29.3 Å². The molecule has 3 rings (SSSR count). The molecule has 1 atom stereocenters. The highest BCUT2D eigenvalue weighted by molar-refractivity contribution is 5.52. The van der Waals surface area contributed by atoms with Crippen molar-refractivity contribution < 1.29 is 9.63 Å². The summed E-state index contributed by atoms with van der Waals surface area (Å²) >= 11 is 0. The molecule has 5 nitrogen and oxygen atoms in total. The van der Waals surface area contributed by atoms with Crippen molar-refractivity contribution in [1.29, 1.82) is 0 Å². The highest BCUT2D eigenvalue weighted by Gasteiger charge is 2.22. The first-order valence-corrected chi connectivity index (χ1v) is 8.18. The Kier molecular flexibility index (Phi) is 5.08. The van der Waals surface area contributed by atoms with E-state index in [0.717, 1.165) is 45.4 Å². The average Bonchev–Trinajstić information content (AvgIpc) is 2.59. The van der Waals surface area contributed by atoms with Gasteiger partial charge in [-0.3, -0.25) is 4.84 Å². The molecule has 22 heavy (non-hydrogen) atoms. The fraction of sp³-hybridized carbons (Fsp3) is 0.588. The second-order valence-electron chi connectivity index (χ2n) is 6.13. The number of hydroxylamine groups is 2. The Hall–Kier alpha value is -1.43.